The first-order chi connectivity index (χ1) is 14.9. The predicted molar refractivity (Wildman–Crippen MR) is 122 cm³/mol. The van der Waals surface area contributed by atoms with Crippen LogP contribution in [0.1, 0.15) is 16.7 Å². The van der Waals surface area contributed by atoms with Crippen LogP contribution in [-0.4, -0.2) is 14.5 Å². The lowest BCUT2D eigenvalue weighted by Crippen LogP contribution is -2.35. The van der Waals surface area contributed by atoms with Crippen LogP contribution < -0.4 is 0 Å². The van der Waals surface area contributed by atoms with E-state index in [0.717, 1.165) is 12.2 Å². The van der Waals surface area contributed by atoms with Gasteiger partial charge >= 0.3 is 0 Å². The van der Waals surface area contributed by atoms with Crippen molar-refractivity contribution in [3.63, 3.8) is 0 Å². The molecule has 0 fully saturated rings. The third-order valence-electron chi connectivity index (χ3n) is 6.05. The van der Waals surface area contributed by atoms with Gasteiger partial charge in [0.15, 0.2) is 0 Å². The number of imidazole rings is 1. The van der Waals surface area contributed by atoms with Crippen LogP contribution in [0.2, 0.25) is 0 Å². The fourth-order valence-corrected chi connectivity index (χ4v) is 5.35. The molecule has 0 spiro atoms. The molecule has 0 amide bonds. The highest BCUT2D eigenvalue weighted by Crippen LogP contribution is 2.48. The van der Waals surface area contributed by atoms with Gasteiger partial charge in [0, 0.05) is 30.6 Å². The zero-order valence-electron chi connectivity index (χ0n) is 16.3. The van der Waals surface area contributed by atoms with Crippen molar-refractivity contribution in [2.45, 2.75) is 12.0 Å². The number of hydrogen-bond acceptors (Lipinski definition) is 3. The summed E-state index contributed by atoms with van der Waals surface area (Å²) in [6.45, 7) is 0. The van der Waals surface area contributed by atoms with Crippen molar-refractivity contribution in [1.29, 1.82) is 0 Å². The van der Waals surface area contributed by atoms with E-state index in [1.54, 1.807) is 11.3 Å². The molecule has 30 heavy (non-hydrogen) atoms. The van der Waals surface area contributed by atoms with Crippen molar-refractivity contribution in [1.82, 2.24) is 14.5 Å². The molecule has 3 aromatic carbocycles. The van der Waals surface area contributed by atoms with Gasteiger partial charge in [-0.25, -0.2) is 4.98 Å². The smallest absolute Gasteiger partial charge is 0.141 e. The lowest BCUT2D eigenvalue weighted by Gasteiger charge is -2.34. The summed E-state index contributed by atoms with van der Waals surface area (Å²) >= 11 is 1.67. The zero-order valence-corrected chi connectivity index (χ0v) is 17.1. The Hall–Kier alpha value is -3.50. The van der Waals surface area contributed by atoms with E-state index in [0.29, 0.717) is 0 Å². The van der Waals surface area contributed by atoms with Crippen molar-refractivity contribution in [2.75, 3.05) is 0 Å². The number of rotatable bonds is 4. The highest BCUT2D eigenvalue weighted by molar-refractivity contribution is 7.13. The van der Waals surface area contributed by atoms with Gasteiger partial charge in [0.1, 0.15) is 11.4 Å². The van der Waals surface area contributed by atoms with Gasteiger partial charge in [-0.1, -0.05) is 78.9 Å². The molecular formula is C26H19N3S. The fourth-order valence-electron chi connectivity index (χ4n) is 4.72. The number of nitrogens with zero attached hydrogens (tertiary/aromatic N) is 3. The number of benzene rings is 3. The largest absolute Gasteiger partial charge is 0.316 e. The Balaban J connectivity index is 1.58. The molecule has 144 valence electrons. The zero-order chi connectivity index (χ0) is 20.0. The third kappa shape index (κ3) is 2.50. The van der Waals surface area contributed by atoms with E-state index in [1.165, 1.54) is 32.7 Å². The molecule has 0 N–H and O–H groups in total. The average molecular weight is 406 g/mol. The number of fused-ring (bicyclic) bond motifs is 3. The first kappa shape index (κ1) is 17.4. The molecule has 6 rings (SSSR count). The Labute approximate surface area is 179 Å². The van der Waals surface area contributed by atoms with Crippen LogP contribution in [0.25, 0.3) is 21.8 Å². The number of thiazole rings is 1. The van der Waals surface area contributed by atoms with Crippen LogP contribution in [0.15, 0.2) is 103 Å². The van der Waals surface area contributed by atoms with Gasteiger partial charge in [-0.3, -0.25) is 4.98 Å². The lowest BCUT2D eigenvalue weighted by molar-refractivity contribution is 0.450. The van der Waals surface area contributed by atoms with Crippen LogP contribution in [0.3, 0.4) is 0 Å². The topological polar surface area (TPSA) is 30.7 Å². The minimum Gasteiger partial charge on any atom is -0.316 e. The molecule has 4 heteroatoms. The second kappa shape index (κ2) is 6.78. The maximum absolute atomic E-state index is 4.72. The highest BCUT2D eigenvalue weighted by Gasteiger charge is 2.44. The van der Waals surface area contributed by atoms with E-state index in [-0.39, 0.29) is 5.54 Å². The van der Waals surface area contributed by atoms with Crippen molar-refractivity contribution in [2.24, 2.45) is 0 Å². The van der Waals surface area contributed by atoms with E-state index in [1.807, 2.05) is 17.9 Å². The van der Waals surface area contributed by atoms with E-state index < -0.39 is 0 Å². The third-order valence-corrected chi connectivity index (χ3v) is 6.87. The SMILES string of the molecule is c1ccc(CC2(c3ccc(-c4cncs4)cc3)c3ccccc3-c3nccn32)cc1. The maximum atomic E-state index is 4.72. The van der Waals surface area contributed by atoms with E-state index in [2.05, 4.69) is 94.6 Å². The molecule has 0 saturated carbocycles. The average Bonchev–Trinajstić information content (AvgIpc) is 3.55. The summed E-state index contributed by atoms with van der Waals surface area (Å²) in [5.41, 5.74) is 7.85. The van der Waals surface area contributed by atoms with Crippen LogP contribution in [-0.2, 0) is 12.0 Å². The summed E-state index contributed by atoms with van der Waals surface area (Å²) in [4.78, 5) is 10.1. The highest BCUT2D eigenvalue weighted by atomic mass is 32.1. The Morgan fingerprint density at radius 3 is 2.47 bits per heavy atom. The molecule has 3 heterocycles. The monoisotopic (exact) mass is 405 g/mol. The summed E-state index contributed by atoms with van der Waals surface area (Å²) in [5.74, 6) is 1.04. The molecule has 0 saturated heterocycles. The van der Waals surface area contributed by atoms with Gasteiger partial charge in [-0.15, -0.1) is 11.3 Å². The fraction of sp³-hybridized carbons (Fsp3) is 0.0769. The van der Waals surface area contributed by atoms with Crippen molar-refractivity contribution >= 4 is 11.3 Å². The van der Waals surface area contributed by atoms with Gasteiger partial charge in [-0.05, 0) is 22.3 Å². The van der Waals surface area contributed by atoms with E-state index >= 15 is 0 Å². The molecule has 0 aliphatic carbocycles. The molecule has 2 aromatic heterocycles. The molecule has 0 radical (unpaired) electrons. The van der Waals surface area contributed by atoms with Gasteiger partial charge in [0.05, 0.1) is 10.4 Å². The minimum absolute atomic E-state index is 0.323. The number of aromatic nitrogens is 3. The molecule has 1 aliphatic rings. The van der Waals surface area contributed by atoms with Gasteiger partial charge in [0.2, 0.25) is 0 Å². The molecule has 5 aromatic rings. The molecule has 0 bridgehead atoms. The van der Waals surface area contributed by atoms with Crippen molar-refractivity contribution in [3.05, 3.63) is 120 Å². The summed E-state index contributed by atoms with van der Waals surface area (Å²) in [6.07, 6.45) is 6.83. The van der Waals surface area contributed by atoms with Gasteiger partial charge < -0.3 is 4.57 Å². The molecule has 1 atom stereocenters. The quantitative estimate of drug-likeness (QED) is 0.366. The maximum Gasteiger partial charge on any atom is 0.141 e. The van der Waals surface area contributed by atoms with E-state index in [4.69, 9.17) is 4.98 Å². The second-order valence-corrected chi connectivity index (χ2v) is 8.52. The van der Waals surface area contributed by atoms with Gasteiger partial charge in [0.25, 0.3) is 0 Å². The Bertz CT molecular complexity index is 1300. The summed E-state index contributed by atoms with van der Waals surface area (Å²) in [5, 5.41) is 0. The molecule has 1 aliphatic heterocycles. The Morgan fingerprint density at radius 2 is 1.67 bits per heavy atom. The Kier molecular flexibility index (Phi) is 3.93. The van der Waals surface area contributed by atoms with Crippen LogP contribution in [0.4, 0.5) is 0 Å². The lowest BCUT2D eigenvalue weighted by atomic mass is 9.78. The first-order valence-electron chi connectivity index (χ1n) is 10.0. The van der Waals surface area contributed by atoms with Gasteiger partial charge in [-0.2, -0.15) is 0 Å². The van der Waals surface area contributed by atoms with E-state index in [9.17, 15) is 0 Å². The summed E-state index contributed by atoms with van der Waals surface area (Å²) < 4.78 is 2.35. The summed E-state index contributed by atoms with van der Waals surface area (Å²) in [6, 6.07) is 28.4. The van der Waals surface area contributed by atoms with Crippen LogP contribution in [0, 0.1) is 0 Å². The van der Waals surface area contributed by atoms with Crippen molar-refractivity contribution in [3.8, 4) is 21.8 Å². The number of hydrogen-bond donors (Lipinski definition) is 0. The minimum atomic E-state index is -0.323. The predicted octanol–water partition coefficient (Wildman–Crippen LogP) is 6.02. The second-order valence-electron chi connectivity index (χ2n) is 7.63. The standard InChI is InChI=1S/C26H19N3S/c1-2-6-19(7-3-1)16-26(21-12-10-20(11-13-21)24-17-27-18-30-24)23-9-5-4-8-22(23)25-28-14-15-29(25)26/h1-15,17-18H,16H2. The summed E-state index contributed by atoms with van der Waals surface area (Å²) in [7, 11) is 0. The van der Waals surface area contributed by atoms with Crippen LogP contribution in [0.5, 0.6) is 0 Å². The molecule has 3 nitrogen and oxygen atoms in total. The Morgan fingerprint density at radius 1 is 0.867 bits per heavy atom. The molecular weight excluding hydrogens is 386 g/mol. The molecule has 1 unspecified atom stereocenters. The van der Waals surface area contributed by atoms with Crippen molar-refractivity contribution < 1.29 is 0 Å². The first-order valence-corrected chi connectivity index (χ1v) is 10.9. The van der Waals surface area contributed by atoms with Crippen LogP contribution >= 0.6 is 11.3 Å². The normalized spacial score (nSPS) is 16.9.